The van der Waals surface area contributed by atoms with Gasteiger partial charge in [0.25, 0.3) is 0 Å². The summed E-state index contributed by atoms with van der Waals surface area (Å²) in [5, 5.41) is 2.02. The Morgan fingerprint density at radius 2 is 2.08 bits per heavy atom. The Morgan fingerprint density at radius 1 is 1.35 bits per heavy atom. The van der Waals surface area contributed by atoms with E-state index < -0.39 is 0 Å². The summed E-state index contributed by atoms with van der Waals surface area (Å²) in [7, 11) is 0. The van der Waals surface area contributed by atoms with Crippen LogP contribution in [0.1, 0.15) is 29.0 Å². The average molecular weight is 372 g/mol. The molecule has 6 heteroatoms. The molecule has 2 aromatic rings. The molecule has 3 rings (SSSR count). The second-order valence-electron chi connectivity index (χ2n) is 6.28. The van der Waals surface area contributed by atoms with E-state index in [2.05, 4.69) is 6.58 Å². The van der Waals surface area contributed by atoms with Gasteiger partial charge < -0.3 is 9.80 Å². The van der Waals surface area contributed by atoms with Crippen molar-refractivity contribution in [2.24, 2.45) is 0 Å². The maximum Gasteiger partial charge on any atom is 0.243 e. The van der Waals surface area contributed by atoms with Crippen molar-refractivity contribution in [1.29, 1.82) is 0 Å². The number of carbonyl (C=O) groups is 2. The van der Waals surface area contributed by atoms with Crippen LogP contribution in [0.3, 0.4) is 0 Å². The molecule has 0 N–H and O–H groups in total. The highest BCUT2D eigenvalue weighted by Gasteiger charge is 2.33. The summed E-state index contributed by atoms with van der Waals surface area (Å²) in [5.74, 6) is -0.584. The zero-order chi connectivity index (χ0) is 18.7. The molecule has 0 unspecified atom stereocenters. The molecule has 0 spiro atoms. The fraction of sp³-hybridized carbons (Fsp3) is 0.300. The molecule has 0 saturated carbocycles. The van der Waals surface area contributed by atoms with Crippen LogP contribution < -0.4 is 0 Å². The van der Waals surface area contributed by atoms with E-state index >= 15 is 0 Å². The maximum atomic E-state index is 13.4. The van der Waals surface area contributed by atoms with Crippen molar-refractivity contribution in [2.45, 2.75) is 19.4 Å². The van der Waals surface area contributed by atoms with Gasteiger partial charge in [-0.25, -0.2) is 4.39 Å². The molecule has 26 heavy (non-hydrogen) atoms. The summed E-state index contributed by atoms with van der Waals surface area (Å²) in [5.41, 5.74) is 1.96. The molecular formula is C20H21FN2O2S. The van der Waals surface area contributed by atoms with Crippen molar-refractivity contribution in [1.82, 2.24) is 9.80 Å². The first-order valence-electron chi connectivity index (χ1n) is 8.49. The minimum absolute atomic E-state index is 0.0124. The molecule has 1 aliphatic heterocycles. The van der Waals surface area contributed by atoms with Gasteiger partial charge in [0.05, 0.1) is 6.04 Å². The van der Waals surface area contributed by atoms with Crippen molar-refractivity contribution in [2.75, 3.05) is 19.6 Å². The van der Waals surface area contributed by atoms with Gasteiger partial charge in [-0.05, 0) is 41.1 Å². The lowest BCUT2D eigenvalue weighted by Gasteiger charge is -2.37. The van der Waals surface area contributed by atoms with Crippen LogP contribution in [0.15, 0.2) is 48.4 Å². The molecule has 0 fully saturated rings. The molecule has 0 saturated heterocycles. The van der Waals surface area contributed by atoms with Crippen molar-refractivity contribution >= 4 is 23.2 Å². The molecule has 0 bridgehead atoms. The number of halogens is 1. The first-order valence-corrected chi connectivity index (χ1v) is 9.37. The first-order chi connectivity index (χ1) is 12.5. The minimum atomic E-state index is -0.304. The number of nitrogens with zero attached hydrogens (tertiary/aromatic N) is 2. The number of carbonyl (C=O) groups excluding carboxylic acids is 2. The van der Waals surface area contributed by atoms with E-state index in [1.807, 2.05) is 11.4 Å². The SMILES string of the molecule is C=CCN(CC(=O)N1CCc2sccc2[C@H]1c1ccc(F)cc1)C(C)=O. The Balaban J connectivity index is 1.91. The number of rotatable bonds is 5. The van der Waals surface area contributed by atoms with E-state index in [4.69, 9.17) is 0 Å². The summed E-state index contributed by atoms with van der Waals surface area (Å²) >= 11 is 1.68. The zero-order valence-electron chi connectivity index (χ0n) is 14.7. The van der Waals surface area contributed by atoms with Crippen LogP contribution in [0.25, 0.3) is 0 Å². The van der Waals surface area contributed by atoms with E-state index in [-0.39, 0.29) is 30.2 Å². The fourth-order valence-electron chi connectivity index (χ4n) is 3.30. The van der Waals surface area contributed by atoms with Gasteiger partial charge in [0.1, 0.15) is 12.4 Å². The van der Waals surface area contributed by atoms with Gasteiger partial charge in [-0.3, -0.25) is 9.59 Å². The largest absolute Gasteiger partial charge is 0.330 e. The smallest absolute Gasteiger partial charge is 0.243 e. The van der Waals surface area contributed by atoms with E-state index in [9.17, 15) is 14.0 Å². The normalized spacial score (nSPS) is 16.1. The van der Waals surface area contributed by atoms with Crippen LogP contribution in [0.2, 0.25) is 0 Å². The highest BCUT2D eigenvalue weighted by molar-refractivity contribution is 7.10. The van der Waals surface area contributed by atoms with Crippen LogP contribution in [-0.2, 0) is 16.0 Å². The molecule has 4 nitrogen and oxygen atoms in total. The van der Waals surface area contributed by atoms with Gasteiger partial charge in [-0.2, -0.15) is 0 Å². The Labute approximate surface area is 156 Å². The third kappa shape index (κ3) is 3.70. The molecule has 1 aromatic heterocycles. The zero-order valence-corrected chi connectivity index (χ0v) is 15.5. The second-order valence-corrected chi connectivity index (χ2v) is 7.28. The van der Waals surface area contributed by atoms with Gasteiger partial charge in [0.2, 0.25) is 11.8 Å². The van der Waals surface area contributed by atoms with Crippen LogP contribution in [0.4, 0.5) is 4.39 Å². The molecule has 1 aliphatic rings. The predicted molar refractivity (Wildman–Crippen MR) is 100 cm³/mol. The average Bonchev–Trinajstić information content (AvgIpc) is 3.10. The number of thiophene rings is 1. The summed E-state index contributed by atoms with van der Waals surface area (Å²) in [6.07, 6.45) is 2.40. The van der Waals surface area contributed by atoms with E-state index in [1.54, 1.807) is 34.4 Å². The fourth-order valence-corrected chi connectivity index (χ4v) is 4.21. The second kappa shape index (κ2) is 7.83. The summed E-state index contributed by atoms with van der Waals surface area (Å²) < 4.78 is 13.4. The lowest BCUT2D eigenvalue weighted by molar-refractivity contribution is -0.140. The summed E-state index contributed by atoms with van der Waals surface area (Å²) in [6.45, 7) is 6.01. The Morgan fingerprint density at radius 3 is 2.73 bits per heavy atom. The van der Waals surface area contributed by atoms with E-state index in [1.165, 1.54) is 28.8 Å². The van der Waals surface area contributed by atoms with Crippen LogP contribution in [-0.4, -0.2) is 41.2 Å². The Kier molecular flexibility index (Phi) is 5.52. The first kappa shape index (κ1) is 18.3. The van der Waals surface area contributed by atoms with Gasteiger partial charge in [-0.1, -0.05) is 18.2 Å². The lowest BCUT2D eigenvalue weighted by Crippen LogP contribution is -2.46. The number of fused-ring (bicyclic) bond motifs is 1. The summed E-state index contributed by atoms with van der Waals surface area (Å²) in [4.78, 5) is 29.3. The minimum Gasteiger partial charge on any atom is -0.330 e. The molecule has 2 amide bonds. The van der Waals surface area contributed by atoms with Gasteiger partial charge in [0.15, 0.2) is 0 Å². The van der Waals surface area contributed by atoms with Crippen LogP contribution in [0, 0.1) is 5.82 Å². The monoisotopic (exact) mass is 372 g/mol. The van der Waals surface area contributed by atoms with E-state index in [0.29, 0.717) is 13.1 Å². The third-order valence-electron chi connectivity index (χ3n) is 4.59. The number of hydrogen-bond donors (Lipinski definition) is 0. The van der Waals surface area contributed by atoms with Gasteiger partial charge in [0, 0.05) is 24.9 Å². The van der Waals surface area contributed by atoms with Crippen molar-refractivity contribution in [3.63, 3.8) is 0 Å². The van der Waals surface area contributed by atoms with Gasteiger partial charge in [-0.15, -0.1) is 17.9 Å². The quantitative estimate of drug-likeness (QED) is 0.755. The Bertz CT molecular complexity index is 815. The number of benzene rings is 1. The molecule has 0 aliphatic carbocycles. The van der Waals surface area contributed by atoms with Crippen molar-refractivity contribution in [3.8, 4) is 0 Å². The molecule has 0 radical (unpaired) electrons. The number of amides is 2. The molecule has 1 aromatic carbocycles. The summed E-state index contributed by atoms with van der Waals surface area (Å²) in [6, 6.07) is 8.05. The third-order valence-corrected chi connectivity index (χ3v) is 5.59. The van der Waals surface area contributed by atoms with Crippen LogP contribution in [0.5, 0.6) is 0 Å². The molecule has 1 atom stereocenters. The lowest BCUT2D eigenvalue weighted by atomic mass is 9.93. The van der Waals surface area contributed by atoms with Crippen molar-refractivity contribution in [3.05, 3.63) is 70.2 Å². The topological polar surface area (TPSA) is 40.6 Å². The standard InChI is InChI=1S/C20H21FN2O2S/c1-3-10-22(14(2)24)13-19(25)23-11-8-18-17(9-12-26-18)20(23)15-4-6-16(21)7-5-15/h3-7,9,12,20H,1,8,10-11,13H2,2H3/t20-/m1/s1. The Hall–Kier alpha value is -2.47. The van der Waals surface area contributed by atoms with E-state index in [0.717, 1.165) is 17.5 Å². The highest BCUT2D eigenvalue weighted by Crippen LogP contribution is 2.37. The van der Waals surface area contributed by atoms with Gasteiger partial charge >= 0.3 is 0 Å². The van der Waals surface area contributed by atoms with Crippen LogP contribution >= 0.6 is 11.3 Å². The predicted octanol–water partition coefficient (Wildman–Crippen LogP) is 3.40. The van der Waals surface area contributed by atoms with Crippen molar-refractivity contribution < 1.29 is 14.0 Å². The molecular weight excluding hydrogens is 351 g/mol. The highest BCUT2D eigenvalue weighted by atomic mass is 32.1. The molecule has 136 valence electrons. The maximum absolute atomic E-state index is 13.4. The number of hydrogen-bond acceptors (Lipinski definition) is 3. The molecule has 2 heterocycles.